The zero-order valence-corrected chi connectivity index (χ0v) is 20.6. The maximum absolute atomic E-state index is 6.00. The minimum absolute atomic E-state index is 0.0250. The van der Waals surface area contributed by atoms with Gasteiger partial charge in [0.2, 0.25) is 0 Å². The van der Waals surface area contributed by atoms with Crippen molar-refractivity contribution in [3.63, 3.8) is 0 Å². The number of ether oxygens (including phenoxy) is 1. The summed E-state index contributed by atoms with van der Waals surface area (Å²) in [7, 11) is 0. The van der Waals surface area contributed by atoms with Crippen molar-refractivity contribution in [2.24, 2.45) is 4.99 Å². The summed E-state index contributed by atoms with van der Waals surface area (Å²) in [5, 5.41) is 0. The largest absolute Gasteiger partial charge is 0.457 e. The van der Waals surface area contributed by atoms with Gasteiger partial charge in [0.15, 0.2) is 0 Å². The van der Waals surface area contributed by atoms with Crippen molar-refractivity contribution in [2.45, 2.75) is 53.5 Å². The van der Waals surface area contributed by atoms with Gasteiger partial charge in [-0.05, 0) is 106 Å². The Morgan fingerprint density at radius 3 is 2.36 bits per heavy atom. The van der Waals surface area contributed by atoms with E-state index in [9.17, 15) is 0 Å². The molecule has 0 fully saturated rings. The van der Waals surface area contributed by atoms with Crippen molar-refractivity contribution < 1.29 is 4.74 Å². The van der Waals surface area contributed by atoms with Crippen LogP contribution < -0.4 is 9.64 Å². The summed E-state index contributed by atoms with van der Waals surface area (Å²) in [5.74, 6) is 1.69. The smallest absolute Gasteiger partial charge is 0.130 e. The van der Waals surface area contributed by atoms with Gasteiger partial charge in [-0.3, -0.25) is 4.99 Å². The standard InChI is InChI=1S/C30H34N2O/c1-7-16-32-28-17-22(3)24(18-27(28)23(4)19-30(32,5)6)20-31-25-12-14-26(15-13-25)33-29-11-9-8-10-21(29)2/h8-15,17-20H,7,16H2,1-6H3. The molecule has 1 aliphatic rings. The number of hydrogen-bond donors (Lipinski definition) is 0. The molecule has 0 unspecified atom stereocenters. The highest BCUT2D eigenvalue weighted by atomic mass is 16.5. The van der Waals surface area contributed by atoms with Gasteiger partial charge < -0.3 is 9.64 Å². The second kappa shape index (κ2) is 9.27. The van der Waals surface area contributed by atoms with E-state index in [0.717, 1.165) is 41.3 Å². The van der Waals surface area contributed by atoms with Crippen LogP contribution >= 0.6 is 0 Å². The molecule has 0 aromatic heterocycles. The number of aliphatic imine (C=N–C) groups is 1. The maximum atomic E-state index is 6.00. The lowest BCUT2D eigenvalue weighted by Crippen LogP contribution is -2.45. The number of benzene rings is 3. The van der Waals surface area contributed by atoms with Crippen molar-refractivity contribution in [3.8, 4) is 11.5 Å². The first-order valence-electron chi connectivity index (χ1n) is 11.8. The molecule has 0 spiro atoms. The van der Waals surface area contributed by atoms with Crippen LogP contribution in [0.3, 0.4) is 0 Å². The molecule has 0 atom stereocenters. The van der Waals surface area contributed by atoms with E-state index in [1.807, 2.05) is 61.7 Å². The van der Waals surface area contributed by atoms with Crippen molar-refractivity contribution >= 4 is 23.2 Å². The maximum Gasteiger partial charge on any atom is 0.130 e. The molecule has 0 amide bonds. The first-order valence-corrected chi connectivity index (χ1v) is 11.8. The number of anilines is 1. The van der Waals surface area contributed by atoms with Crippen LogP contribution in [-0.2, 0) is 0 Å². The van der Waals surface area contributed by atoms with E-state index in [-0.39, 0.29) is 5.54 Å². The summed E-state index contributed by atoms with van der Waals surface area (Å²) in [6.45, 7) is 14.3. The molecular formula is C30H34N2O. The van der Waals surface area contributed by atoms with Crippen molar-refractivity contribution in [2.75, 3.05) is 11.4 Å². The second-order valence-electron chi connectivity index (χ2n) is 9.48. The number of allylic oxidation sites excluding steroid dienone is 1. The minimum atomic E-state index is 0.0250. The molecule has 0 aliphatic carbocycles. The van der Waals surface area contributed by atoms with Crippen LogP contribution in [0.1, 0.15) is 56.4 Å². The van der Waals surface area contributed by atoms with Gasteiger partial charge >= 0.3 is 0 Å². The molecule has 0 N–H and O–H groups in total. The van der Waals surface area contributed by atoms with E-state index >= 15 is 0 Å². The average Bonchev–Trinajstić information content (AvgIpc) is 2.78. The van der Waals surface area contributed by atoms with Crippen molar-refractivity contribution in [1.82, 2.24) is 0 Å². The first-order chi connectivity index (χ1) is 15.8. The summed E-state index contributed by atoms with van der Waals surface area (Å²) in [6, 6.07) is 20.6. The Bertz CT molecular complexity index is 1200. The van der Waals surface area contributed by atoms with Gasteiger partial charge in [0.25, 0.3) is 0 Å². The third-order valence-electron chi connectivity index (χ3n) is 6.32. The molecular weight excluding hydrogens is 404 g/mol. The molecule has 0 saturated heterocycles. The Balaban J connectivity index is 1.57. The number of rotatable bonds is 6. The van der Waals surface area contributed by atoms with Gasteiger partial charge in [0, 0.05) is 24.0 Å². The summed E-state index contributed by atoms with van der Waals surface area (Å²) in [5.41, 5.74) is 8.40. The zero-order chi connectivity index (χ0) is 23.6. The highest BCUT2D eigenvalue weighted by molar-refractivity contribution is 5.90. The normalized spacial score (nSPS) is 14.8. The molecule has 0 saturated carbocycles. The fraction of sp³-hybridized carbons (Fsp3) is 0.300. The number of para-hydroxylation sites is 1. The summed E-state index contributed by atoms with van der Waals surface area (Å²) in [6.07, 6.45) is 5.49. The Labute approximate surface area is 198 Å². The van der Waals surface area contributed by atoms with Crippen molar-refractivity contribution in [1.29, 1.82) is 0 Å². The number of nitrogens with zero attached hydrogens (tertiary/aromatic N) is 2. The minimum Gasteiger partial charge on any atom is -0.457 e. The Morgan fingerprint density at radius 2 is 1.67 bits per heavy atom. The molecule has 170 valence electrons. The predicted molar refractivity (Wildman–Crippen MR) is 141 cm³/mol. The quantitative estimate of drug-likeness (QED) is 0.362. The molecule has 3 aromatic carbocycles. The summed E-state index contributed by atoms with van der Waals surface area (Å²) in [4.78, 5) is 7.27. The molecule has 0 radical (unpaired) electrons. The topological polar surface area (TPSA) is 24.8 Å². The summed E-state index contributed by atoms with van der Waals surface area (Å²) < 4.78 is 6.00. The molecule has 0 bridgehead atoms. The van der Waals surface area contributed by atoms with E-state index in [1.54, 1.807) is 0 Å². The molecule has 3 nitrogen and oxygen atoms in total. The van der Waals surface area contributed by atoms with Crippen LogP contribution in [0.25, 0.3) is 5.57 Å². The second-order valence-corrected chi connectivity index (χ2v) is 9.48. The lowest BCUT2D eigenvalue weighted by atomic mass is 9.87. The molecule has 1 aliphatic heterocycles. The van der Waals surface area contributed by atoms with E-state index in [1.165, 1.54) is 22.4 Å². The van der Waals surface area contributed by atoms with Gasteiger partial charge in [0.05, 0.1) is 11.2 Å². The van der Waals surface area contributed by atoms with Crippen LogP contribution in [0.4, 0.5) is 11.4 Å². The Morgan fingerprint density at radius 1 is 0.939 bits per heavy atom. The van der Waals surface area contributed by atoms with Crippen LogP contribution in [-0.4, -0.2) is 18.3 Å². The molecule has 3 heteroatoms. The SMILES string of the molecule is CCCN1c2cc(C)c(C=Nc3ccc(Oc4ccccc4C)cc3)cc2C(C)=CC1(C)C. The zero-order valence-electron chi connectivity index (χ0n) is 20.6. The number of hydrogen-bond acceptors (Lipinski definition) is 3. The van der Waals surface area contributed by atoms with Gasteiger partial charge in [-0.2, -0.15) is 0 Å². The Kier molecular flexibility index (Phi) is 6.42. The average molecular weight is 439 g/mol. The lowest BCUT2D eigenvalue weighted by Gasteiger charge is -2.43. The first kappa shape index (κ1) is 22.8. The van der Waals surface area contributed by atoms with E-state index in [0.29, 0.717) is 0 Å². The van der Waals surface area contributed by atoms with Crippen molar-refractivity contribution in [3.05, 3.63) is 89.0 Å². The number of fused-ring (bicyclic) bond motifs is 1. The Hall–Kier alpha value is -3.33. The summed E-state index contributed by atoms with van der Waals surface area (Å²) >= 11 is 0. The molecule has 33 heavy (non-hydrogen) atoms. The van der Waals surface area contributed by atoms with Crippen LogP contribution in [0.5, 0.6) is 11.5 Å². The molecule has 1 heterocycles. The fourth-order valence-corrected chi connectivity index (χ4v) is 4.56. The fourth-order valence-electron chi connectivity index (χ4n) is 4.56. The van der Waals surface area contributed by atoms with E-state index in [2.05, 4.69) is 57.7 Å². The third-order valence-corrected chi connectivity index (χ3v) is 6.32. The molecule has 3 aromatic rings. The van der Waals surface area contributed by atoms with Gasteiger partial charge in [-0.15, -0.1) is 0 Å². The molecule has 4 rings (SSSR count). The van der Waals surface area contributed by atoms with Gasteiger partial charge in [-0.25, -0.2) is 0 Å². The number of aryl methyl sites for hydroxylation is 2. The monoisotopic (exact) mass is 438 g/mol. The predicted octanol–water partition coefficient (Wildman–Crippen LogP) is 8.26. The van der Waals surface area contributed by atoms with E-state index in [4.69, 9.17) is 9.73 Å². The van der Waals surface area contributed by atoms with Gasteiger partial charge in [-0.1, -0.05) is 31.2 Å². The van der Waals surface area contributed by atoms with Crippen LogP contribution in [0.2, 0.25) is 0 Å². The highest BCUT2D eigenvalue weighted by Gasteiger charge is 2.31. The lowest BCUT2D eigenvalue weighted by molar-refractivity contribution is 0.479. The van der Waals surface area contributed by atoms with Crippen LogP contribution in [0.15, 0.2) is 71.7 Å². The highest BCUT2D eigenvalue weighted by Crippen LogP contribution is 2.40. The third kappa shape index (κ3) is 4.88. The van der Waals surface area contributed by atoms with Crippen LogP contribution in [0, 0.1) is 13.8 Å². The van der Waals surface area contributed by atoms with Gasteiger partial charge in [0.1, 0.15) is 11.5 Å². The van der Waals surface area contributed by atoms with E-state index < -0.39 is 0 Å².